The Labute approximate surface area is 227 Å². The van der Waals surface area contributed by atoms with Gasteiger partial charge in [-0.2, -0.15) is 0 Å². The molecule has 2 atom stereocenters. The van der Waals surface area contributed by atoms with E-state index in [0.717, 1.165) is 61.9 Å². The number of benzene rings is 1. The van der Waals surface area contributed by atoms with E-state index in [4.69, 9.17) is 14.3 Å². The number of rotatable bonds is 7. The molecular weight excluding hydrogens is 480 g/mol. The monoisotopic (exact) mass is 524 g/mol. The first-order chi connectivity index (χ1) is 18.4. The highest BCUT2D eigenvalue weighted by molar-refractivity contribution is 6.00. The molecule has 208 valence electrons. The highest BCUT2D eigenvalue weighted by atomic mass is 16.6. The number of esters is 1. The Bertz CT molecular complexity index is 1020. The summed E-state index contributed by atoms with van der Waals surface area (Å²) in [5, 5.41) is 4.36. The zero-order chi connectivity index (χ0) is 27.3. The number of unbranched alkanes of at least 4 members (excludes halogenated alkanes) is 1. The summed E-state index contributed by atoms with van der Waals surface area (Å²) in [5.41, 5.74) is 3.96. The summed E-state index contributed by atoms with van der Waals surface area (Å²) in [7, 11) is 0. The number of likely N-dealkylation sites (tertiary alicyclic amines) is 1. The summed E-state index contributed by atoms with van der Waals surface area (Å²) in [5.74, 6) is -0.381. The molecule has 0 saturated carbocycles. The van der Waals surface area contributed by atoms with Crippen LogP contribution in [0.4, 0.5) is 0 Å². The average molecular weight is 525 g/mol. The first-order valence-corrected chi connectivity index (χ1v) is 14.1. The van der Waals surface area contributed by atoms with Crippen molar-refractivity contribution in [2.75, 3.05) is 26.3 Å². The third-order valence-electron chi connectivity index (χ3n) is 6.85. The van der Waals surface area contributed by atoms with Gasteiger partial charge >= 0.3 is 5.97 Å². The molecule has 0 aromatic heterocycles. The van der Waals surface area contributed by atoms with Crippen LogP contribution in [0.3, 0.4) is 0 Å². The summed E-state index contributed by atoms with van der Waals surface area (Å²) in [6.07, 6.45) is 14.7. The van der Waals surface area contributed by atoms with Gasteiger partial charge in [0.1, 0.15) is 6.10 Å². The molecule has 2 aliphatic heterocycles. The minimum atomic E-state index is -0.337. The maximum Gasteiger partial charge on any atom is 0.338 e. The van der Waals surface area contributed by atoms with Gasteiger partial charge in [-0.25, -0.2) is 4.79 Å². The van der Waals surface area contributed by atoms with Crippen molar-refractivity contribution < 1.29 is 23.9 Å². The van der Waals surface area contributed by atoms with E-state index in [1.807, 2.05) is 62.1 Å². The fourth-order valence-corrected chi connectivity index (χ4v) is 4.84. The highest BCUT2D eigenvalue weighted by Gasteiger charge is 2.21. The first-order valence-electron chi connectivity index (χ1n) is 14.1. The molecule has 7 heteroatoms. The second-order valence-electron chi connectivity index (χ2n) is 10.4. The molecule has 0 N–H and O–H groups in total. The Hall–Kier alpha value is -2.93. The number of allylic oxidation sites excluding steroid dienone is 1. The summed E-state index contributed by atoms with van der Waals surface area (Å²) in [6, 6.07) is 3.99. The minimum Gasteiger partial charge on any atom is -0.459 e. The molecule has 7 nitrogen and oxygen atoms in total. The Morgan fingerprint density at radius 1 is 1.13 bits per heavy atom. The lowest BCUT2D eigenvalue weighted by Crippen LogP contribution is -2.37. The molecular formula is C31H44N2O5. The lowest BCUT2D eigenvalue weighted by molar-refractivity contribution is -0.137. The van der Waals surface area contributed by atoms with Crippen LogP contribution in [0.5, 0.6) is 0 Å². The van der Waals surface area contributed by atoms with Crippen LogP contribution in [0, 0.1) is 13.8 Å². The van der Waals surface area contributed by atoms with E-state index in [1.54, 1.807) is 0 Å². The molecule has 1 aromatic carbocycles. The summed E-state index contributed by atoms with van der Waals surface area (Å²) in [6.45, 7) is 10.1. The van der Waals surface area contributed by atoms with Crippen LogP contribution < -0.4 is 0 Å². The SMILES string of the molecule is CCCCO[C@@H]1/C=C/C[C@@H](C)OC(=O)c2c(C)cc(C)cc2CC(=N/OCC(=O)N2CCCCC2)/C=C/C1. The van der Waals surface area contributed by atoms with E-state index in [-0.39, 0.29) is 30.7 Å². The number of aryl methyl sites for hydroxylation is 2. The van der Waals surface area contributed by atoms with Crippen molar-refractivity contribution in [3.63, 3.8) is 0 Å². The van der Waals surface area contributed by atoms with Crippen LogP contribution in [0.25, 0.3) is 0 Å². The Balaban J connectivity index is 1.86. The molecule has 0 unspecified atom stereocenters. The maximum atomic E-state index is 13.2. The second-order valence-corrected chi connectivity index (χ2v) is 10.4. The number of hydrogen-bond donors (Lipinski definition) is 0. The first kappa shape index (κ1) is 29.6. The van der Waals surface area contributed by atoms with Crippen LogP contribution in [0.15, 0.2) is 41.6 Å². The van der Waals surface area contributed by atoms with E-state index >= 15 is 0 Å². The third-order valence-corrected chi connectivity index (χ3v) is 6.85. The van der Waals surface area contributed by atoms with Gasteiger partial charge in [0, 0.05) is 32.5 Å². The Kier molecular flexibility index (Phi) is 12.1. The van der Waals surface area contributed by atoms with Crippen molar-refractivity contribution in [1.29, 1.82) is 0 Å². The zero-order valence-electron chi connectivity index (χ0n) is 23.5. The van der Waals surface area contributed by atoms with Gasteiger partial charge in [0.25, 0.3) is 5.91 Å². The van der Waals surface area contributed by atoms with E-state index in [9.17, 15) is 9.59 Å². The van der Waals surface area contributed by atoms with Gasteiger partial charge < -0.3 is 19.2 Å². The van der Waals surface area contributed by atoms with Crippen LogP contribution in [0.2, 0.25) is 0 Å². The molecule has 0 aliphatic carbocycles. The lowest BCUT2D eigenvalue weighted by atomic mass is 9.95. The summed E-state index contributed by atoms with van der Waals surface area (Å²) in [4.78, 5) is 33.2. The molecule has 3 rings (SSSR count). The predicted molar refractivity (Wildman–Crippen MR) is 150 cm³/mol. The number of piperidine rings is 1. The Morgan fingerprint density at radius 3 is 2.68 bits per heavy atom. The quantitative estimate of drug-likeness (QED) is 0.193. The number of nitrogens with zero attached hydrogens (tertiary/aromatic N) is 2. The number of cyclic esters (lactones) is 1. The normalized spacial score (nSPS) is 23.7. The van der Waals surface area contributed by atoms with Gasteiger partial charge in [-0.1, -0.05) is 54.4 Å². The summed E-state index contributed by atoms with van der Waals surface area (Å²) < 4.78 is 11.9. The standard InChI is InChI=1S/C31H44N2O5/c1-5-6-18-36-28-14-10-12-25(4)38-31(35)30-24(3)19-23(2)20-26(30)21-27(13-11-15-28)32-37-22-29(34)33-16-8-7-9-17-33/h10-11,13-14,19-20,25,28H,5-9,12,15-18,21-22H2,1-4H3/b13-11+,14-10+,32-27+/t25-,28-/m1/s1. The van der Waals surface area contributed by atoms with Crippen LogP contribution in [0.1, 0.15) is 85.8 Å². The van der Waals surface area contributed by atoms with E-state index in [0.29, 0.717) is 37.1 Å². The number of hydrogen-bond acceptors (Lipinski definition) is 6. The van der Waals surface area contributed by atoms with Gasteiger partial charge in [-0.05, 0) is 70.1 Å². The minimum absolute atomic E-state index is 0.0434. The smallest absolute Gasteiger partial charge is 0.338 e. The van der Waals surface area contributed by atoms with Crippen molar-refractivity contribution in [2.24, 2.45) is 5.16 Å². The van der Waals surface area contributed by atoms with E-state index < -0.39 is 0 Å². The van der Waals surface area contributed by atoms with Crippen molar-refractivity contribution in [3.8, 4) is 0 Å². The number of oxime groups is 1. The van der Waals surface area contributed by atoms with E-state index in [1.165, 1.54) is 0 Å². The molecule has 2 aliphatic rings. The van der Waals surface area contributed by atoms with Crippen LogP contribution in [-0.2, 0) is 25.5 Å². The molecule has 0 spiro atoms. The fraction of sp³-hybridized carbons (Fsp3) is 0.581. The number of carbonyl (C=O) groups is 2. The van der Waals surface area contributed by atoms with Gasteiger partial charge in [0.2, 0.25) is 0 Å². The molecule has 2 heterocycles. The number of amides is 1. The molecule has 1 aromatic rings. The van der Waals surface area contributed by atoms with Crippen molar-refractivity contribution in [1.82, 2.24) is 4.90 Å². The van der Waals surface area contributed by atoms with E-state index in [2.05, 4.69) is 12.1 Å². The lowest BCUT2D eigenvalue weighted by Gasteiger charge is -2.26. The zero-order valence-corrected chi connectivity index (χ0v) is 23.5. The van der Waals surface area contributed by atoms with Crippen molar-refractivity contribution in [3.05, 3.63) is 58.7 Å². The van der Waals surface area contributed by atoms with Gasteiger partial charge in [0.15, 0.2) is 6.61 Å². The molecule has 0 bridgehead atoms. The highest BCUT2D eigenvalue weighted by Crippen LogP contribution is 2.22. The fourth-order valence-electron chi connectivity index (χ4n) is 4.84. The number of carbonyl (C=O) groups excluding carboxylic acids is 2. The molecule has 1 fully saturated rings. The van der Waals surface area contributed by atoms with Gasteiger partial charge in [0.05, 0.1) is 17.4 Å². The second kappa shape index (κ2) is 15.5. The van der Waals surface area contributed by atoms with Crippen molar-refractivity contribution >= 4 is 17.6 Å². The number of ether oxygens (including phenoxy) is 2. The maximum absolute atomic E-state index is 13.2. The van der Waals surface area contributed by atoms with Crippen molar-refractivity contribution in [2.45, 2.75) is 91.3 Å². The number of fused-ring (bicyclic) bond motifs is 1. The summed E-state index contributed by atoms with van der Waals surface area (Å²) >= 11 is 0. The predicted octanol–water partition coefficient (Wildman–Crippen LogP) is 5.87. The van der Waals surface area contributed by atoms with Gasteiger partial charge in [-0.3, -0.25) is 4.79 Å². The topological polar surface area (TPSA) is 77.4 Å². The molecule has 1 amide bonds. The van der Waals surface area contributed by atoms with Crippen LogP contribution in [-0.4, -0.2) is 61.0 Å². The largest absolute Gasteiger partial charge is 0.459 e. The third kappa shape index (κ3) is 9.43. The van der Waals surface area contributed by atoms with Gasteiger partial charge in [-0.15, -0.1) is 0 Å². The van der Waals surface area contributed by atoms with Crippen LogP contribution >= 0.6 is 0 Å². The molecule has 38 heavy (non-hydrogen) atoms. The Morgan fingerprint density at radius 2 is 1.92 bits per heavy atom. The molecule has 1 saturated heterocycles. The average Bonchev–Trinajstić information content (AvgIpc) is 2.88. The molecule has 0 radical (unpaired) electrons.